The van der Waals surface area contributed by atoms with E-state index in [4.69, 9.17) is 11.6 Å². The highest BCUT2D eigenvalue weighted by atomic mass is 35.5. The van der Waals surface area contributed by atoms with Crippen LogP contribution < -0.4 is 0 Å². The number of sulfonamides is 1. The first kappa shape index (κ1) is 24.9. The van der Waals surface area contributed by atoms with Crippen LogP contribution in [-0.2, 0) is 26.4 Å². The Morgan fingerprint density at radius 2 is 1.47 bits per heavy atom. The number of sulfone groups is 1. The van der Waals surface area contributed by atoms with Gasteiger partial charge in [0.05, 0.1) is 15.5 Å². The molecule has 1 unspecified atom stereocenters. The minimum Gasteiger partial charge on any atom is -0.224 e. The molecule has 0 saturated carbocycles. The summed E-state index contributed by atoms with van der Waals surface area (Å²) in [6.07, 6.45) is 0. The molecule has 3 aromatic rings. The molecule has 0 N–H and O–H groups in total. The van der Waals surface area contributed by atoms with Crippen LogP contribution >= 0.6 is 11.6 Å². The summed E-state index contributed by atoms with van der Waals surface area (Å²) in [5.74, 6) is -0.754. The van der Waals surface area contributed by atoms with E-state index in [9.17, 15) is 16.8 Å². The molecule has 0 saturated heterocycles. The number of aryl methyl sites for hydroxylation is 4. The predicted octanol–water partition coefficient (Wildman–Crippen LogP) is 5.34. The minimum atomic E-state index is -3.85. The largest absolute Gasteiger partial charge is 0.243 e. The summed E-state index contributed by atoms with van der Waals surface area (Å²) in [6, 6.07) is 15.7. The Labute approximate surface area is 207 Å². The zero-order chi connectivity index (χ0) is 24.8. The van der Waals surface area contributed by atoms with E-state index in [0.29, 0.717) is 16.1 Å². The molecule has 0 radical (unpaired) electrons. The monoisotopic (exact) mass is 517 g/mol. The molecule has 8 heteroatoms. The van der Waals surface area contributed by atoms with Gasteiger partial charge in [-0.05, 0) is 74.2 Å². The van der Waals surface area contributed by atoms with Gasteiger partial charge < -0.3 is 0 Å². The molecule has 1 heterocycles. The Hall–Kier alpha value is -2.19. The topological polar surface area (TPSA) is 71.5 Å². The Morgan fingerprint density at radius 3 is 2.09 bits per heavy atom. The molecule has 3 aromatic carbocycles. The van der Waals surface area contributed by atoms with Crippen molar-refractivity contribution in [2.45, 2.75) is 49.9 Å². The summed E-state index contributed by atoms with van der Waals surface area (Å²) in [7, 11) is -7.50. The van der Waals surface area contributed by atoms with Crippen molar-refractivity contribution in [3.63, 3.8) is 0 Å². The van der Waals surface area contributed by atoms with Gasteiger partial charge in [0.15, 0.2) is 9.84 Å². The summed E-state index contributed by atoms with van der Waals surface area (Å²) in [5.41, 5.74) is 4.88. The third-order valence-corrected chi connectivity index (χ3v) is 10.5. The van der Waals surface area contributed by atoms with Crippen LogP contribution in [0.15, 0.2) is 64.4 Å². The molecule has 0 aromatic heterocycles. The zero-order valence-corrected chi connectivity index (χ0v) is 22.1. The number of fused-ring (bicyclic) bond motifs is 1. The molecule has 4 rings (SSSR count). The van der Waals surface area contributed by atoms with Gasteiger partial charge in [0.2, 0.25) is 10.0 Å². The van der Waals surface area contributed by atoms with Crippen LogP contribution in [0.3, 0.4) is 0 Å². The smallest absolute Gasteiger partial charge is 0.224 e. The first-order valence-electron chi connectivity index (χ1n) is 11.0. The number of hydrogen-bond acceptors (Lipinski definition) is 4. The van der Waals surface area contributed by atoms with Gasteiger partial charge in [-0.2, -0.15) is 4.31 Å². The van der Waals surface area contributed by atoms with E-state index in [2.05, 4.69) is 0 Å². The van der Waals surface area contributed by atoms with Crippen molar-refractivity contribution in [1.82, 2.24) is 4.31 Å². The number of benzene rings is 3. The third kappa shape index (κ3) is 4.80. The van der Waals surface area contributed by atoms with Crippen molar-refractivity contribution in [3.8, 4) is 0 Å². The lowest BCUT2D eigenvalue weighted by molar-refractivity contribution is 0.363. The molecule has 0 fully saturated rings. The maximum Gasteiger partial charge on any atom is 0.243 e. The predicted molar refractivity (Wildman–Crippen MR) is 136 cm³/mol. The van der Waals surface area contributed by atoms with Crippen LogP contribution in [0.2, 0.25) is 5.02 Å². The van der Waals surface area contributed by atoms with E-state index in [-0.39, 0.29) is 28.6 Å². The Kier molecular flexibility index (Phi) is 6.68. The molecule has 1 aliphatic heterocycles. The normalized spacial score (nSPS) is 16.9. The van der Waals surface area contributed by atoms with Crippen molar-refractivity contribution in [2.75, 3.05) is 12.3 Å². The number of halogens is 1. The molecular formula is C26H28ClNO4S2. The molecule has 1 atom stereocenters. The van der Waals surface area contributed by atoms with Crippen LogP contribution in [0.4, 0.5) is 0 Å². The van der Waals surface area contributed by atoms with E-state index in [1.165, 1.54) is 4.31 Å². The fourth-order valence-corrected chi connectivity index (χ4v) is 8.44. The van der Waals surface area contributed by atoms with Crippen molar-refractivity contribution in [1.29, 1.82) is 0 Å². The second-order valence-corrected chi connectivity index (χ2v) is 13.5. The first-order chi connectivity index (χ1) is 15.9. The number of rotatable bonds is 5. The van der Waals surface area contributed by atoms with Crippen LogP contribution in [0.1, 0.15) is 39.3 Å². The average Bonchev–Trinajstić information content (AvgIpc) is 2.73. The van der Waals surface area contributed by atoms with Crippen LogP contribution in [0.25, 0.3) is 0 Å². The van der Waals surface area contributed by atoms with Gasteiger partial charge >= 0.3 is 0 Å². The second-order valence-electron chi connectivity index (χ2n) is 9.16. The molecule has 1 aliphatic rings. The Balaban J connectivity index is 1.76. The fraction of sp³-hybridized carbons (Fsp3) is 0.308. The molecule has 0 bridgehead atoms. The van der Waals surface area contributed by atoms with Crippen LogP contribution in [0, 0.1) is 27.7 Å². The highest BCUT2D eigenvalue weighted by molar-refractivity contribution is 7.91. The number of hydrogen-bond donors (Lipinski definition) is 0. The standard InChI is InChI=1S/C26H28ClNO4S2/c1-17-5-9-24(10-6-17)33(29,30)16-22-15-28(14-21-7-8-23(27)13-25(21)22)34(31,32)26-19(3)11-18(2)12-20(26)4/h5-13,22H,14-16H2,1-4H3. The van der Waals surface area contributed by atoms with Gasteiger partial charge in [0, 0.05) is 24.0 Å². The van der Waals surface area contributed by atoms with Crippen molar-refractivity contribution < 1.29 is 16.8 Å². The lowest BCUT2D eigenvalue weighted by Crippen LogP contribution is -2.40. The number of nitrogens with zero attached hydrogens (tertiary/aromatic N) is 1. The van der Waals surface area contributed by atoms with Gasteiger partial charge in [-0.15, -0.1) is 0 Å². The van der Waals surface area contributed by atoms with Gasteiger partial charge in [-0.3, -0.25) is 0 Å². The van der Waals surface area contributed by atoms with E-state index in [1.807, 2.05) is 26.0 Å². The van der Waals surface area contributed by atoms with Crippen LogP contribution in [-0.4, -0.2) is 33.4 Å². The zero-order valence-electron chi connectivity index (χ0n) is 19.7. The second kappa shape index (κ2) is 9.11. The van der Waals surface area contributed by atoms with Crippen molar-refractivity contribution in [2.24, 2.45) is 0 Å². The van der Waals surface area contributed by atoms with Gasteiger partial charge in [0.25, 0.3) is 0 Å². The molecule has 180 valence electrons. The molecular weight excluding hydrogens is 490 g/mol. The molecule has 0 aliphatic carbocycles. The SMILES string of the molecule is Cc1ccc(S(=O)(=O)CC2CN(S(=O)(=O)c3c(C)cc(C)cc3C)Cc3ccc(Cl)cc32)cc1. The first-order valence-corrected chi connectivity index (χ1v) is 14.5. The lowest BCUT2D eigenvalue weighted by Gasteiger charge is -2.34. The van der Waals surface area contributed by atoms with Crippen molar-refractivity contribution in [3.05, 3.63) is 93.0 Å². The average molecular weight is 518 g/mol. The quantitative estimate of drug-likeness (QED) is 0.458. The van der Waals surface area contributed by atoms with Crippen LogP contribution in [0.5, 0.6) is 0 Å². The molecule has 0 amide bonds. The van der Waals surface area contributed by atoms with E-state index >= 15 is 0 Å². The van der Waals surface area contributed by atoms with Gasteiger partial charge in [-0.25, -0.2) is 16.8 Å². The summed E-state index contributed by atoms with van der Waals surface area (Å²) >= 11 is 6.24. The fourth-order valence-electron chi connectivity index (χ4n) is 4.82. The maximum absolute atomic E-state index is 13.8. The molecule has 5 nitrogen and oxygen atoms in total. The van der Waals surface area contributed by atoms with E-state index in [0.717, 1.165) is 22.3 Å². The molecule has 34 heavy (non-hydrogen) atoms. The lowest BCUT2D eigenvalue weighted by atomic mass is 9.92. The summed E-state index contributed by atoms with van der Waals surface area (Å²) < 4.78 is 55.5. The highest BCUT2D eigenvalue weighted by Crippen LogP contribution is 2.36. The van der Waals surface area contributed by atoms with E-state index < -0.39 is 25.8 Å². The summed E-state index contributed by atoms with van der Waals surface area (Å²) in [4.78, 5) is 0.516. The Morgan fingerprint density at radius 1 is 0.853 bits per heavy atom. The highest BCUT2D eigenvalue weighted by Gasteiger charge is 2.37. The summed E-state index contributed by atoms with van der Waals surface area (Å²) in [6.45, 7) is 7.65. The molecule has 0 spiro atoms. The Bertz CT molecular complexity index is 1440. The van der Waals surface area contributed by atoms with Crippen molar-refractivity contribution >= 4 is 31.5 Å². The van der Waals surface area contributed by atoms with Gasteiger partial charge in [-0.1, -0.05) is 53.1 Å². The minimum absolute atomic E-state index is 0.0630. The maximum atomic E-state index is 13.8. The van der Waals surface area contributed by atoms with Gasteiger partial charge in [0.1, 0.15) is 0 Å². The summed E-state index contributed by atoms with van der Waals surface area (Å²) in [5, 5.41) is 0.498. The van der Waals surface area contributed by atoms with E-state index in [1.54, 1.807) is 56.3 Å². The third-order valence-electron chi connectivity index (χ3n) is 6.32.